The summed E-state index contributed by atoms with van der Waals surface area (Å²) in [5.41, 5.74) is 3.59. The molecule has 24 heavy (non-hydrogen) atoms. The molecular weight excluding hydrogens is 326 g/mol. The van der Waals surface area contributed by atoms with Crippen molar-refractivity contribution in [3.8, 4) is 11.1 Å². The smallest absolute Gasteiger partial charge is 0.354 e. The summed E-state index contributed by atoms with van der Waals surface area (Å²) in [5.74, 6) is -1.05. The van der Waals surface area contributed by atoms with Crippen LogP contribution < -0.4 is 0 Å². The van der Waals surface area contributed by atoms with Crippen molar-refractivity contribution < 1.29 is 9.90 Å². The van der Waals surface area contributed by atoms with E-state index in [1.54, 1.807) is 22.7 Å². The van der Waals surface area contributed by atoms with Crippen molar-refractivity contribution >= 4 is 23.2 Å². The summed E-state index contributed by atoms with van der Waals surface area (Å²) in [6, 6.07) is 8.96. The number of benzene rings is 1. The Kier molecular flexibility index (Phi) is 3.84. The van der Waals surface area contributed by atoms with Gasteiger partial charge in [-0.15, -0.1) is 0 Å². The van der Waals surface area contributed by atoms with Gasteiger partial charge in [-0.25, -0.2) is 14.3 Å². The number of hydrogen-bond acceptors (Lipinski definition) is 3. The van der Waals surface area contributed by atoms with Crippen LogP contribution in [0.1, 0.15) is 42.6 Å². The minimum atomic E-state index is -1.05. The molecule has 0 saturated carbocycles. The van der Waals surface area contributed by atoms with E-state index in [1.165, 1.54) is 0 Å². The number of fused-ring (bicyclic) bond motifs is 1. The third-order valence-electron chi connectivity index (χ3n) is 3.88. The van der Waals surface area contributed by atoms with E-state index in [9.17, 15) is 9.90 Å². The molecule has 0 saturated heterocycles. The van der Waals surface area contributed by atoms with E-state index in [2.05, 4.69) is 10.1 Å². The SMILES string of the molecule is Cc1nn2c(C(C)(C)C)cc(C(=O)O)nc2c1-c1ccc(Cl)cc1. The molecular formula is C18H18ClN3O2. The molecule has 3 aromatic rings. The van der Waals surface area contributed by atoms with Crippen LogP contribution in [-0.2, 0) is 5.41 Å². The molecule has 0 atom stereocenters. The highest BCUT2D eigenvalue weighted by molar-refractivity contribution is 6.30. The van der Waals surface area contributed by atoms with E-state index in [0.717, 1.165) is 22.5 Å². The third-order valence-corrected chi connectivity index (χ3v) is 4.14. The predicted octanol–water partition coefficient (Wildman–Crippen LogP) is 4.35. The van der Waals surface area contributed by atoms with Crippen LogP contribution in [0.3, 0.4) is 0 Å². The Morgan fingerprint density at radius 3 is 2.38 bits per heavy atom. The van der Waals surface area contributed by atoms with Gasteiger partial charge in [0.15, 0.2) is 11.3 Å². The van der Waals surface area contributed by atoms with Crippen molar-refractivity contribution in [3.63, 3.8) is 0 Å². The molecule has 2 aromatic heterocycles. The summed E-state index contributed by atoms with van der Waals surface area (Å²) in [6.45, 7) is 7.96. The number of rotatable bonds is 2. The van der Waals surface area contributed by atoms with Crippen LogP contribution >= 0.6 is 11.6 Å². The van der Waals surface area contributed by atoms with Gasteiger partial charge < -0.3 is 5.11 Å². The van der Waals surface area contributed by atoms with Gasteiger partial charge in [0.1, 0.15) is 0 Å². The van der Waals surface area contributed by atoms with Crippen molar-refractivity contribution in [2.24, 2.45) is 0 Å². The molecule has 0 aliphatic heterocycles. The quantitative estimate of drug-likeness (QED) is 0.751. The van der Waals surface area contributed by atoms with Gasteiger partial charge in [0.05, 0.1) is 11.4 Å². The van der Waals surface area contributed by atoms with Gasteiger partial charge in [-0.3, -0.25) is 0 Å². The number of hydrogen-bond donors (Lipinski definition) is 1. The molecule has 0 aliphatic carbocycles. The molecule has 6 heteroatoms. The van der Waals surface area contributed by atoms with Crippen molar-refractivity contribution in [1.82, 2.24) is 14.6 Å². The number of carbonyl (C=O) groups is 1. The molecule has 0 radical (unpaired) electrons. The highest BCUT2D eigenvalue weighted by Crippen LogP contribution is 2.32. The third kappa shape index (κ3) is 2.76. The Labute approximate surface area is 144 Å². The van der Waals surface area contributed by atoms with Crippen LogP contribution in [0, 0.1) is 6.92 Å². The second kappa shape index (κ2) is 5.60. The largest absolute Gasteiger partial charge is 0.477 e. The molecule has 0 spiro atoms. The van der Waals surface area contributed by atoms with Crippen LogP contribution in [0.4, 0.5) is 0 Å². The standard InChI is InChI=1S/C18H18ClN3O2/c1-10-15(11-5-7-12(19)8-6-11)16-20-13(17(23)24)9-14(18(2,3)4)22(16)21-10/h5-9H,1-4H3,(H,23,24). The Balaban J connectivity index is 2.39. The molecule has 2 heterocycles. The molecule has 0 amide bonds. The Morgan fingerprint density at radius 1 is 1.21 bits per heavy atom. The van der Waals surface area contributed by atoms with Gasteiger partial charge >= 0.3 is 5.97 Å². The lowest BCUT2D eigenvalue weighted by Crippen LogP contribution is -2.19. The van der Waals surface area contributed by atoms with Gasteiger partial charge in [0.25, 0.3) is 0 Å². The summed E-state index contributed by atoms with van der Waals surface area (Å²) < 4.78 is 1.74. The van der Waals surface area contributed by atoms with E-state index in [4.69, 9.17) is 11.6 Å². The highest BCUT2D eigenvalue weighted by Gasteiger charge is 2.24. The van der Waals surface area contributed by atoms with Crippen LogP contribution in [-0.4, -0.2) is 25.7 Å². The maximum atomic E-state index is 11.5. The van der Waals surface area contributed by atoms with Crippen molar-refractivity contribution in [1.29, 1.82) is 0 Å². The zero-order valence-corrected chi connectivity index (χ0v) is 14.7. The van der Waals surface area contributed by atoms with Crippen molar-refractivity contribution in [2.75, 3.05) is 0 Å². The predicted molar refractivity (Wildman–Crippen MR) is 93.8 cm³/mol. The zero-order chi connectivity index (χ0) is 17.6. The number of aromatic nitrogens is 3. The first-order valence-electron chi connectivity index (χ1n) is 7.58. The normalized spacial score (nSPS) is 11.9. The van der Waals surface area contributed by atoms with Crippen LogP contribution in [0.5, 0.6) is 0 Å². The molecule has 3 rings (SSSR count). The average molecular weight is 344 g/mol. The molecule has 0 bridgehead atoms. The van der Waals surface area contributed by atoms with Crippen LogP contribution in [0.2, 0.25) is 5.02 Å². The summed E-state index contributed by atoms with van der Waals surface area (Å²) in [6.07, 6.45) is 0. The highest BCUT2D eigenvalue weighted by atomic mass is 35.5. The first-order chi connectivity index (χ1) is 11.2. The maximum Gasteiger partial charge on any atom is 0.354 e. The van der Waals surface area contributed by atoms with Crippen molar-refractivity contribution in [3.05, 3.63) is 52.4 Å². The van der Waals surface area contributed by atoms with Crippen molar-refractivity contribution in [2.45, 2.75) is 33.1 Å². The van der Waals surface area contributed by atoms with Gasteiger partial charge in [0, 0.05) is 16.0 Å². The molecule has 124 valence electrons. The maximum absolute atomic E-state index is 11.5. The number of aromatic carboxylic acids is 1. The lowest BCUT2D eigenvalue weighted by atomic mass is 9.91. The fourth-order valence-electron chi connectivity index (χ4n) is 2.72. The Hall–Kier alpha value is -2.40. The Morgan fingerprint density at radius 2 is 1.83 bits per heavy atom. The van der Waals surface area contributed by atoms with Crippen LogP contribution in [0.25, 0.3) is 16.8 Å². The van der Waals surface area contributed by atoms with Gasteiger partial charge in [-0.1, -0.05) is 44.5 Å². The summed E-state index contributed by atoms with van der Waals surface area (Å²) in [7, 11) is 0. The van der Waals surface area contributed by atoms with E-state index in [0.29, 0.717) is 10.7 Å². The molecule has 0 unspecified atom stereocenters. The number of halogens is 1. The number of carboxylic acids is 1. The first kappa shape index (κ1) is 16.5. The van der Waals surface area contributed by atoms with E-state index in [-0.39, 0.29) is 11.1 Å². The topological polar surface area (TPSA) is 67.5 Å². The minimum absolute atomic E-state index is 0.0162. The first-order valence-corrected chi connectivity index (χ1v) is 7.96. The molecule has 1 aromatic carbocycles. The molecule has 5 nitrogen and oxygen atoms in total. The second-order valence-corrected chi connectivity index (χ2v) is 7.22. The monoisotopic (exact) mass is 343 g/mol. The molecule has 0 aliphatic rings. The van der Waals surface area contributed by atoms with Crippen LogP contribution in [0.15, 0.2) is 30.3 Å². The van der Waals surface area contributed by atoms with E-state index in [1.807, 2.05) is 39.8 Å². The van der Waals surface area contributed by atoms with Gasteiger partial charge in [-0.2, -0.15) is 5.10 Å². The fourth-order valence-corrected chi connectivity index (χ4v) is 2.85. The van der Waals surface area contributed by atoms with Gasteiger partial charge in [-0.05, 0) is 30.7 Å². The zero-order valence-electron chi connectivity index (χ0n) is 14.0. The summed E-state index contributed by atoms with van der Waals surface area (Å²) in [5, 5.41) is 14.7. The summed E-state index contributed by atoms with van der Waals surface area (Å²) >= 11 is 5.97. The minimum Gasteiger partial charge on any atom is -0.477 e. The van der Waals surface area contributed by atoms with E-state index < -0.39 is 5.97 Å². The second-order valence-electron chi connectivity index (χ2n) is 6.78. The summed E-state index contributed by atoms with van der Waals surface area (Å²) in [4.78, 5) is 15.8. The number of carboxylic acid groups (broad SMARTS) is 1. The lowest BCUT2D eigenvalue weighted by Gasteiger charge is -2.20. The average Bonchev–Trinajstić information content (AvgIpc) is 2.82. The molecule has 1 N–H and O–H groups in total. The lowest BCUT2D eigenvalue weighted by molar-refractivity contribution is 0.0690. The van der Waals surface area contributed by atoms with Gasteiger partial charge in [0.2, 0.25) is 0 Å². The van der Waals surface area contributed by atoms with E-state index >= 15 is 0 Å². The number of nitrogens with zero attached hydrogens (tertiary/aromatic N) is 3. The molecule has 0 fully saturated rings. The Bertz CT molecular complexity index is 938. The fraction of sp³-hybridized carbons (Fsp3) is 0.278. The number of aryl methyl sites for hydroxylation is 1.